The van der Waals surface area contributed by atoms with Crippen molar-refractivity contribution in [3.8, 4) is 0 Å². The lowest BCUT2D eigenvalue weighted by Crippen LogP contribution is -2.36. The number of nitrogens with zero attached hydrogens (tertiary/aromatic N) is 1. The molecule has 1 aromatic rings. The van der Waals surface area contributed by atoms with Crippen LogP contribution in [0.2, 0.25) is 0 Å². The maximum absolute atomic E-state index is 12.5. The maximum atomic E-state index is 12.5. The second kappa shape index (κ2) is 10.8. The van der Waals surface area contributed by atoms with Gasteiger partial charge in [0.2, 0.25) is 15.9 Å². The molecule has 1 aliphatic rings. The van der Waals surface area contributed by atoms with Crippen LogP contribution in [0.5, 0.6) is 0 Å². The van der Waals surface area contributed by atoms with Gasteiger partial charge in [-0.15, -0.1) is 0 Å². The zero-order chi connectivity index (χ0) is 19.7. The van der Waals surface area contributed by atoms with Crippen molar-refractivity contribution >= 4 is 21.6 Å². The SMILES string of the molecule is CCN(CC)S(=O)(=O)c1ccc(NC(=O)CNC2CCCCCCC2)cc1. The highest BCUT2D eigenvalue weighted by molar-refractivity contribution is 7.89. The lowest BCUT2D eigenvalue weighted by molar-refractivity contribution is -0.115. The molecule has 1 saturated carbocycles. The topological polar surface area (TPSA) is 78.5 Å². The third-order valence-electron chi connectivity index (χ3n) is 5.14. The van der Waals surface area contributed by atoms with Gasteiger partial charge in [-0.1, -0.05) is 46.0 Å². The number of carbonyl (C=O) groups excluding carboxylic acids is 1. The molecule has 6 nitrogen and oxygen atoms in total. The number of amides is 1. The van der Waals surface area contributed by atoms with Crippen LogP contribution in [0.1, 0.15) is 58.8 Å². The molecule has 0 heterocycles. The molecule has 0 bridgehead atoms. The molecule has 0 unspecified atom stereocenters. The standard InChI is InChI=1S/C20H33N3O3S/c1-3-23(4-2)27(25,26)19-14-12-18(13-15-19)22-20(24)16-21-17-10-8-6-5-7-9-11-17/h12-15,17,21H,3-11,16H2,1-2H3,(H,22,24). The molecule has 1 amide bonds. The maximum Gasteiger partial charge on any atom is 0.243 e. The lowest BCUT2D eigenvalue weighted by atomic mass is 9.97. The van der Waals surface area contributed by atoms with Gasteiger partial charge in [-0.05, 0) is 37.1 Å². The number of sulfonamides is 1. The summed E-state index contributed by atoms with van der Waals surface area (Å²) in [5.41, 5.74) is 0.609. The molecule has 1 aromatic carbocycles. The van der Waals surface area contributed by atoms with Crippen LogP contribution in [0.3, 0.4) is 0 Å². The van der Waals surface area contributed by atoms with Gasteiger partial charge < -0.3 is 10.6 Å². The minimum absolute atomic E-state index is 0.101. The van der Waals surface area contributed by atoms with Crippen molar-refractivity contribution in [3.63, 3.8) is 0 Å². The molecule has 0 radical (unpaired) electrons. The average molecular weight is 396 g/mol. The van der Waals surface area contributed by atoms with Gasteiger partial charge in [0.15, 0.2) is 0 Å². The summed E-state index contributed by atoms with van der Waals surface area (Å²) in [4.78, 5) is 12.4. The fourth-order valence-corrected chi connectivity index (χ4v) is 4.98. The van der Waals surface area contributed by atoms with Gasteiger partial charge in [-0.25, -0.2) is 8.42 Å². The van der Waals surface area contributed by atoms with E-state index in [4.69, 9.17) is 0 Å². The summed E-state index contributed by atoms with van der Waals surface area (Å²) in [6.45, 7) is 4.79. The predicted octanol–water partition coefficient (Wildman–Crippen LogP) is 3.36. The van der Waals surface area contributed by atoms with Crippen LogP contribution in [0.15, 0.2) is 29.2 Å². The number of nitrogens with one attached hydrogen (secondary N) is 2. The normalized spacial score (nSPS) is 16.7. The Bertz CT molecular complexity index is 677. The van der Waals surface area contributed by atoms with Crippen LogP contribution < -0.4 is 10.6 Å². The Balaban J connectivity index is 1.87. The van der Waals surface area contributed by atoms with E-state index in [1.165, 1.54) is 36.4 Å². The van der Waals surface area contributed by atoms with Gasteiger partial charge in [-0.2, -0.15) is 4.31 Å². The lowest BCUT2D eigenvalue weighted by Gasteiger charge is -2.21. The monoisotopic (exact) mass is 395 g/mol. The van der Waals surface area contributed by atoms with E-state index in [-0.39, 0.29) is 17.3 Å². The number of rotatable bonds is 8. The summed E-state index contributed by atoms with van der Waals surface area (Å²) in [6.07, 6.45) is 8.60. The largest absolute Gasteiger partial charge is 0.325 e. The number of hydrogen-bond donors (Lipinski definition) is 2. The first-order valence-electron chi connectivity index (χ1n) is 10.1. The Hall–Kier alpha value is -1.44. The van der Waals surface area contributed by atoms with Crippen LogP contribution in [0.4, 0.5) is 5.69 Å². The van der Waals surface area contributed by atoms with Crippen LogP contribution >= 0.6 is 0 Å². The van der Waals surface area contributed by atoms with E-state index in [0.29, 0.717) is 24.8 Å². The zero-order valence-corrected chi connectivity index (χ0v) is 17.4. The van der Waals surface area contributed by atoms with E-state index < -0.39 is 10.0 Å². The molecule has 2 rings (SSSR count). The van der Waals surface area contributed by atoms with Gasteiger partial charge in [0.25, 0.3) is 0 Å². The van der Waals surface area contributed by atoms with Crippen molar-refractivity contribution in [1.82, 2.24) is 9.62 Å². The summed E-state index contributed by atoms with van der Waals surface area (Å²) in [7, 11) is -3.47. The molecule has 7 heteroatoms. The minimum Gasteiger partial charge on any atom is -0.325 e. The number of anilines is 1. The smallest absolute Gasteiger partial charge is 0.243 e. The third-order valence-corrected chi connectivity index (χ3v) is 7.20. The van der Waals surface area contributed by atoms with Crippen molar-refractivity contribution in [1.29, 1.82) is 0 Å². The van der Waals surface area contributed by atoms with Crippen molar-refractivity contribution in [2.24, 2.45) is 0 Å². The summed E-state index contributed by atoms with van der Waals surface area (Å²) in [5.74, 6) is -0.101. The molecule has 2 N–H and O–H groups in total. The summed E-state index contributed by atoms with van der Waals surface area (Å²) in [5, 5.41) is 6.20. The Morgan fingerprint density at radius 1 is 1.00 bits per heavy atom. The molecule has 27 heavy (non-hydrogen) atoms. The van der Waals surface area contributed by atoms with E-state index in [0.717, 1.165) is 12.8 Å². The molecule has 0 aromatic heterocycles. The van der Waals surface area contributed by atoms with E-state index in [2.05, 4.69) is 10.6 Å². The van der Waals surface area contributed by atoms with Crippen molar-refractivity contribution < 1.29 is 13.2 Å². The highest BCUT2D eigenvalue weighted by atomic mass is 32.2. The summed E-state index contributed by atoms with van der Waals surface area (Å²) >= 11 is 0. The minimum atomic E-state index is -3.47. The molecular weight excluding hydrogens is 362 g/mol. The summed E-state index contributed by atoms with van der Waals surface area (Å²) < 4.78 is 26.4. The molecular formula is C20H33N3O3S. The van der Waals surface area contributed by atoms with Gasteiger partial charge in [0.05, 0.1) is 11.4 Å². The Kier molecular flexibility index (Phi) is 8.73. The Morgan fingerprint density at radius 3 is 2.11 bits per heavy atom. The molecule has 0 aliphatic heterocycles. The highest BCUT2D eigenvalue weighted by Gasteiger charge is 2.21. The third kappa shape index (κ3) is 6.59. The fourth-order valence-electron chi connectivity index (χ4n) is 3.53. The molecule has 0 spiro atoms. The summed E-state index contributed by atoms with van der Waals surface area (Å²) in [6, 6.07) is 6.79. The fraction of sp³-hybridized carbons (Fsp3) is 0.650. The van der Waals surface area contributed by atoms with Gasteiger partial charge in [0.1, 0.15) is 0 Å². The quantitative estimate of drug-likeness (QED) is 0.707. The van der Waals surface area contributed by atoms with Gasteiger partial charge in [0, 0.05) is 24.8 Å². The molecule has 1 fully saturated rings. The van der Waals surface area contributed by atoms with Crippen molar-refractivity contribution in [3.05, 3.63) is 24.3 Å². The number of carbonyl (C=O) groups is 1. The Labute approximate surface area is 163 Å². The molecule has 0 saturated heterocycles. The van der Waals surface area contributed by atoms with Crippen LogP contribution in [0.25, 0.3) is 0 Å². The van der Waals surface area contributed by atoms with E-state index in [9.17, 15) is 13.2 Å². The first kappa shape index (κ1) is 21.9. The second-order valence-electron chi connectivity index (χ2n) is 7.08. The van der Waals surface area contributed by atoms with Crippen LogP contribution in [-0.4, -0.2) is 44.3 Å². The molecule has 1 aliphatic carbocycles. The second-order valence-corrected chi connectivity index (χ2v) is 9.02. The average Bonchev–Trinajstić information content (AvgIpc) is 2.62. The first-order chi connectivity index (χ1) is 13.0. The van der Waals surface area contributed by atoms with E-state index in [1.807, 2.05) is 13.8 Å². The van der Waals surface area contributed by atoms with Crippen LogP contribution in [-0.2, 0) is 14.8 Å². The number of hydrogen-bond acceptors (Lipinski definition) is 4. The highest BCUT2D eigenvalue weighted by Crippen LogP contribution is 2.19. The van der Waals surface area contributed by atoms with E-state index >= 15 is 0 Å². The zero-order valence-electron chi connectivity index (χ0n) is 16.5. The van der Waals surface area contributed by atoms with Gasteiger partial charge in [-0.3, -0.25) is 4.79 Å². The Morgan fingerprint density at radius 2 is 1.56 bits per heavy atom. The molecule has 0 atom stereocenters. The number of benzene rings is 1. The van der Waals surface area contributed by atoms with Crippen molar-refractivity contribution in [2.45, 2.75) is 69.7 Å². The predicted molar refractivity (Wildman–Crippen MR) is 109 cm³/mol. The van der Waals surface area contributed by atoms with Crippen LogP contribution in [0, 0.1) is 0 Å². The van der Waals surface area contributed by atoms with Gasteiger partial charge >= 0.3 is 0 Å². The molecule has 152 valence electrons. The van der Waals surface area contributed by atoms with Crippen molar-refractivity contribution in [2.75, 3.05) is 25.0 Å². The van der Waals surface area contributed by atoms with E-state index in [1.54, 1.807) is 24.3 Å². The first-order valence-corrected chi connectivity index (χ1v) is 11.5.